The largest absolute Gasteiger partial charge is 0.293 e. The fourth-order valence-electron chi connectivity index (χ4n) is 2.50. The zero-order valence-electron chi connectivity index (χ0n) is 12.5. The molecule has 0 saturated heterocycles. The van der Waals surface area contributed by atoms with Gasteiger partial charge in [0, 0.05) is 10.9 Å². The first kappa shape index (κ1) is 14.7. The van der Waals surface area contributed by atoms with E-state index in [0.29, 0.717) is 17.4 Å². The molecule has 0 saturated carbocycles. The highest BCUT2D eigenvalue weighted by atomic mass is 32.1. The summed E-state index contributed by atoms with van der Waals surface area (Å²) in [5, 5.41) is 3.29. The molecule has 2 heterocycles. The molecule has 6 heteroatoms. The van der Waals surface area contributed by atoms with Crippen LogP contribution < -0.4 is 5.56 Å². The average molecular weight is 337 g/mol. The van der Waals surface area contributed by atoms with Crippen molar-refractivity contribution in [3.05, 3.63) is 82.1 Å². The molecule has 24 heavy (non-hydrogen) atoms. The van der Waals surface area contributed by atoms with E-state index in [9.17, 15) is 9.18 Å². The Morgan fingerprint density at radius 1 is 1.08 bits per heavy atom. The van der Waals surface area contributed by atoms with Crippen molar-refractivity contribution in [1.29, 1.82) is 0 Å². The van der Waals surface area contributed by atoms with E-state index in [4.69, 9.17) is 0 Å². The summed E-state index contributed by atoms with van der Waals surface area (Å²) < 4.78 is 14.6. The maximum absolute atomic E-state index is 13.0. The molecule has 4 aromatic rings. The Morgan fingerprint density at radius 3 is 2.71 bits per heavy atom. The second-order valence-electron chi connectivity index (χ2n) is 5.35. The molecule has 0 bridgehead atoms. The highest BCUT2D eigenvalue weighted by molar-refractivity contribution is 7.13. The topological polar surface area (TPSA) is 47.8 Å². The third kappa shape index (κ3) is 2.72. The van der Waals surface area contributed by atoms with Gasteiger partial charge in [-0.15, -0.1) is 11.3 Å². The van der Waals surface area contributed by atoms with E-state index >= 15 is 0 Å². The van der Waals surface area contributed by atoms with Crippen molar-refractivity contribution in [2.24, 2.45) is 0 Å². The van der Waals surface area contributed by atoms with Gasteiger partial charge in [-0.25, -0.2) is 14.4 Å². The monoisotopic (exact) mass is 337 g/mol. The summed E-state index contributed by atoms with van der Waals surface area (Å²) in [6, 6.07) is 13.5. The molecule has 0 radical (unpaired) electrons. The van der Waals surface area contributed by atoms with Crippen molar-refractivity contribution in [2.45, 2.75) is 6.54 Å². The number of halogens is 1. The van der Waals surface area contributed by atoms with Crippen molar-refractivity contribution in [2.75, 3.05) is 0 Å². The van der Waals surface area contributed by atoms with Crippen molar-refractivity contribution >= 4 is 22.2 Å². The molecular formula is C18H12FN3OS. The molecule has 118 valence electrons. The van der Waals surface area contributed by atoms with Crippen molar-refractivity contribution in [3.63, 3.8) is 0 Å². The van der Waals surface area contributed by atoms with Gasteiger partial charge in [0.1, 0.15) is 10.8 Å². The first-order valence-electron chi connectivity index (χ1n) is 7.35. The number of thiazole rings is 1. The van der Waals surface area contributed by atoms with Crippen LogP contribution in [-0.4, -0.2) is 14.5 Å². The van der Waals surface area contributed by atoms with E-state index in [0.717, 1.165) is 16.3 Å². The quantitative estimate of drug-likeness (QED) is 0.573. The molecule has 2 aromatic heterocycles. The molecule has 0 fully saturated rings. The number of para-hydroxylation sites is 1. The maximum Gasteiger partial charge on any atom is 0.261 e. The minimum atomic E-state index is -0.274. The van der Waals surface area contributed by atoms with E-state index in [1.807, 2.05) is 23.6 Å². The lowest BCUT2D eigenvalue weighted by Crippen LogP contribution is -2.21. The Balaban J connectivity index is 1.66. The number of hydrogen-bond acceptors (Lipinski definition) is 4. The van der Waals surface area contributed by atoms with Crippen LogP contribution in [0.3, 0.4) is 0 Å². The van der Waals surface area contributed by atoms with Crippen LogP contribution in [0.15, 0.2) is 65.0 Å². The number of hydrogen-bond donors (Lipinski definition) is 0. The van der Waals surface area contributed by atoms with Crippen LogP contribution in [0.25, 0.3) is 21.5 Å². The van der Waals surface area contributed by atoms with Crippen LogP contribution >= 0.6 is 11.3 Å². The number of fused-ring (bicyclic) bond motifs is 1. The standard InChI is InChI=1S/C18H12FN3OS/c19-13-7-5-12(6-8-13)17-21-14(10-24-17)9-22-11-20-16-4-2-1-3-15(16)18(22)23/h1-8,10-11H,9H2. The molecule has 2 aromatic carbocycles. The first-order valence-corrected chi connectivity index (χ1v) is 8.23. The van der Waals surface area contributed by atoms with Crippen LogP contribution in [0.2, 0.25) is 0 Å². The Kier molecular flexibility index (Phi) is 3.66. The maximum atomic E-state index is 13.0. The molecule has 0 N–H and O–H groups in total. The summed E-state index contributed by atoms with van der Waals surface area (Å²) in [7, 11) is 0. The lowest BCUT2D eigenvalue weighted by Gasteiger charge is -2.04. The molecule has 4 rings (SSSR count). The van der Waals surface area contributed by atoms with Gasteiger partial charge in [0.15, 0.2) is 0 Å². The van der Waals surface area contributed by atoms with Crippen molar-refractivity contribution in [3.8, 4) is 10.6 Å². The van der Waals surface area contributed by atoms with Crippen LogP contribution in [0, 0.1) is 5.82 Å². The Morgan fingerprint density at radius 2 is 1.88 bits per heavy atom. The molecule has 0 amide bonds. The summed E-state index contributed by atoms with van der Waals surface area (Å²) >= 11 is 1.47. The fraction of sp³-hybridized carbons (Fsp3) is 0.0556. The molecule has 0 spiro atoms. The molecular weight excluding hydrogens is 325 g/mol. The van der Waals surface area contributed by atoms with Gasteiger partial charge >= 0.3 is 0 Å². The third-order valence-electron chi connectivity index (χ3n) is 3.71. The molecule has 0 aliphatic carbocycles. The smallest absolute Gasteiger partial charge is 0.261 e. The number of benzene rings is 2. The molecule has 4 nitrogen and oxygen atoms in total. The van der Waals surface area contributed by atoms with E-state index < -0.39 is 0 Å². The van der Waals surface area contributed by atoms with Gasteiger partial charge in [0.25, 0.3) is 5.56 Å². The normalized spacial score (nSPS) is 11.0. The second-order valence-corrected chi connectivity index (χ2v) is 6.20. The minimum absolute atomic E-state index is 0.0862. The number of aromatic nitrogens is 3. The highest BCUT2D eigenvalue weighted by Gasteiger charge is 2.08. The lowest BCUT2D eigenvalue weighted by molar-refractivity contribution is 0.628. The summed E-state index contributed by atoms with van der Waals surface area (Å²) in [5.41, 5.74) is 2.23. The van der Waals surface area contributed by atoms with Gasteiger partial charge < -0.3 is 0 Å². The fourth-order valence-corrected chi connectivity index (χ4v) is 3.31. The van der Waals surface area contributed by atoms with Gasteiger partial charge in [-0.1, -0.05) is 12.1 Å². The Hall–Kier alpha value is -2.86. The minimum Gasteiger partial charge on any atom is -0.293 e. The summed E-state index contributed by atoms with van der Waals surface area (Å²) in [6.45, 7) is 0.356. The number of rotatable bonds is 3. The van der Waals surface area contributed by atoms with Crippen LogP contribution in [0.4, 0.5) is 4.39 Å². The molecule has 0 aliphatic rings. The van der Waals surface area contributed by atoms with Gasteiger partial charge in [-0.05, 0) is 36.4 Å². The average Bonchev–Trinajstić information content (AvgIpc) is 3.07. The molecule has 0 atom stereocenters. The highest BCUT2D eigenvalue weighted by Crippen LogP contribution is 2.24. The summed E-state index contributed by atoms with van der Waals surface area (Å²) in [5.74, 6) is -0.274. The Labute approximate surface area is 140 Å². The predicted octanol–water partition coefficient (Wildman–Crippen LogP) is 3.71. The summed E-state index contributed by atoms with van der Waals surface area (Å²) in [6.07, 6.45) is 1.54. The first-order chi connectivity index (χ1) is 11.7. The van der Waals surface area contributed by atoms with Crippen LogP contribution in [0.1, 0.15) is 5.69 Å². The SMILES string of the molecule is O=c1c2ccccc2ncn1Cc1csc(-c2ccc(F)cc2)n1. The molecule has 0 unspecified atom stereocenters. The van der Waals surface area contributed by atoms with Gasteiger partial charge in [-0.3, -0.25) is 9.36 Å². The number of nitrogens with zero attached hydrogens (tertiary/aromatic N) is 3. The second kappa shape index (κ2) is 5.98. The Bertz CT molecular complexity index is 1070. The zero-order chi connectivity index (χ0) is 16.5. The van der Waals surface area contributed by atoms with Crippen LogP contribution in [-0.2, 0) is 6.54 Å². The van der Waals surface area contributed by atoms with Gasteiger partial charge in [0.05, 0.1) is 29.5 Å². The van der Waals surface area contributed by atoms with E-state index in [1.165, 1.54) is 23.5 Å². The van der Waals surface area contributed by atoms with E-state index in [-0.39, 0.29) is 11.4 Å². The van der Waals surface area contributed by atoms with Gasteiger partial charge in [0.2, 0.25) is 0 Å². The van der Waals surface area contributed by atoms with Gasteiger partial charge in [-0.2, -0.15) is 0 Å². The van der Waals surface area contributed by atoms with E-state index in [2.05, 4.69) is 9.97 Å². The van der Waals surface area contributed by atoms with E-state index in [1.54, 1.807) is 29.1 Å². The van der Waals surface area contributed by atoms with Crippen molar-refractivity contribution < 1.29 is 4.39 Å². The van der Waals surface area contributed by atoms with Crippen molar-refractivity contribution in [1.82, 2.24) is 14.5 Å². The van der Waals surface area contributed by atoms with Crippen LogP contribution in [0.5, 0.6) is 0 Å². The predicted molar refractivity (Wildman–Crippen MR) is 92.6 cm³/mol. The zero-order valence-corrected chi connectivity index (χ0v) is 13.3. The lowest BCUT2D eigenvalue weighted by atomic mass is 10.2. The summed E-state index contributed by atoms with van der Waals surface area (Å²) in [4.78, 5) is 21.3. The molecule has 0 aliphatic heterocycles. The third-order valence-corrected chi connectivity index (χ3v) is 4.65.